The second-order valence-electron chi connectivity index (χ2n) is 7.17. The molecule has 2 saturated carbocycles. The van der Waals surface area contributed by atoms with E-state index in [2.05, 4.69) is 17.1 Å². The summed E-state index contributed by atoms with van der Waals surface area (Å²) in [4.78, 5) is 2.71. The summed E-state index contributed by atoms with van der Waals surface area (Å²) in [6.07, 6.45) is 10.3. The lowest BCUT2D eigenvalue weighted by atomic mass is 9.78. The summed E-state index contributed by atoms with van der Waals surface area (Å²) in [7, 11) is 0. The predicted molar refractivity (Wildman–Crippen MR) is 78.2 cm³/mol. The Labute approximate surface area is 117 Å². The fourth-order valence-corrected chi connectivity index (χ4v) is 4.15. The van der Waals surface area contributed by atoms with Crippen molar-refractivity contribution in [3.63, 3.8) is 0 Å². The minimum atomic E-state index is 0.0361. The number of aliphatic hydroxyl groups is 1. The van der Waals surface area contributed by atoms with E-state index in [0.717, 1.165) is 12.3 Å². The highest BCUT2D eigenvalue weighted by Crippen LogP contribution is 2.36. The summed E-state index contributed by atoms with van der Waals surface area (Å²) < 4.78 is 0. The number of rotatable bonds is 5. The predicted octanol–water partition coefficient (Wildman–Crippen LogP) is 2.14. The molecule has 0 spiro atoms. The molecule has 2 N–H and O–H groups in total. The van der Waals surface area contributed by atoms with Gasteiger partial charge in [-0.1, -0.05) is 13.3 Å². The normalized spacial score (nSPS) is 40.7. The molecular weight excluding hydrogens is 236 g/mol. The van der Waals surface area contributed by atoms with Crippen LogP contribution in [0.5, 0.6) is 0 Å². The van der Waals surface area contributed by atoms with E-state index in [1.165, 1.54) is 58.0 Å². The fourth-order valence-electron chi connectivity index (χ4n) is 4.15. The van der Waals surface area contributed by atoms with E-state index in [0.29, 0.717) is 18.7 Å². The number of hydrogen-bond donors (Lipinski definition) is 2. The van der Waals surface area contributed by atoms with E-state index in [-0.39, 0.29) is 5.54 Å². The van der Waals surface area contributed by atoms with Crippen molar-refractivity contribution in [2.24, 2.45) is 5.92 Å². The second-order valence-corrected chi connectivity index (χ2v) is 7.17. The van der Waals surface area contributed by atoms with Gasteiger partial charge in [0.1, 0.15) is 0 Å². The maximum absolute atomic E-state index is 9.90. The molecule has 110 valence electrons. The average Bonchev–Trinajstić information content (AvgIpc) is 3.11. The van der Waals surface area contributed by atoms with Gasteiger partial charge in [0.15, 0.2) is 0 Å². The number of aliphatic hydroxyl groups excluding tert-OH is 1. The fraction of sp³-hybridized carbons (Fsp3) is 1.00. The Morgan fingerprint density at radius 2 is 2.11 bits per heavy atom. The third-order valence-electron chi connectivity index (χ3n) is 5.62. The van der Waals surface area contributed by atoms with Crippen LogP contribution in [0.2, 0.25) is 0 Å². The maximum Gasteiger partial charge on any atom is 0.0613 e. The summed E-state index contributed by atoms with van der Waals surface area (Å²) in [5.74, 6) is 0.918. The maximum atomic E-state index is 9.90. The van der Waals surface area contributed by atoms with E-state index >= 15 is 0 Å². The molecule has 3 heteroatoms. The van der Waals surface area contributed by atoms with Gasteiger partial charge in [-0.05, 0) is 57.4 Å². The number of nitrogens with one attached hydrogen (secondary N) is 1. The Morgan fingerprint density at radius 1 is 1.26 bits per heavy atom. The number of nitrogens with zero attached hydrogens (tertiary/aromatic N) is 1. The van der Waals surface area contributed by atoms with Crippen molar-refractivity contribution in [3.05, 3.63) is 0 Å². The lowest BCUT2D eigenvalue weighted by Crippen LogP contribution is -2.56. The van der Waals surface area contributed by atoms with Gasteiger partial charge in [-0.2, -0.15) is 0 Å². The molecule has 3 rings (SSSR count). The molecule has 1 saturated heterocycles. The topological polar surface area (TPSA) is 35.5 Å². The van der Waals surface area contributed by atoms with Crippen LogP contribution in [-0.2, 0) is 0 Å². The Balaban J connectivity index is 1.60. The summed E-state index contributed by atoms with van der Waals surface area (Å²) in [5.41, 5.74) is 0.0361. The average molecular weight is 266 g/mol. The highest BCUT2D eigenvalue weighted by Gasteiger charge is 2.42. The zero-order chi connectivity index (χ0) is 13.3. The van der Waals surface area contributed by atoms with E-state index in [9.17, 15) is 5.11 Å². The van der Waals surface area contributed by atoms with Crippen LogP contribution in [0.4, 0.5) is 0 Å². The molecule has 0 radical (unpaired) electrons. The van der Waals surface area contributed by atoms with Crippen molar-refractivity contribution in [1.82, 2.24) is 10.2 Å². The Hall–Kier alpha value is -0.120. The van der Waals surface area contributed by atoms with Crippen molar-refractivity contribution >= 4 is 0 Å². The first-order valence-electron chi connectivity index (χ1n) is 8.37. The van der Waals surface area contributed by atoms with Gasteiger partial charge in [-0.25, -0.2) is 0 Å². The van der Waals surface area contributed by atoms with E-state index in [4.69, 9.17) is 0 Å². The van der Waals surface area contributed by atoms with Crippen LogP contribution in [-0.4, -0.2) is 47.3 Å². The first-order valence-corrected chi connectivity index (χ1v) is 8.37. The van der Waals surface area contributed by atoms with Gasteiger partial charge in [0.05, 0.1) is 6.61 Å². The lowest BCUT2D eigenvalue weighted by molar-refractivity contribution is 0.0659. The van der Waals surface area contributed by atoms with Crippen LogP contribution in [0.15, 0.2) is 0 Å². The molecule has 0 aromatic rings. The van der Waals surface area contributed by atoms with Crippen molar-refractivity contribution in [2.45, 2.75) is 75.9 Å². The molecular formula is C16H30N2O. The SMILES string of the molecule is CCC1CCN(C2CCCC(CO)(NC3CC3)C2)C1. The van der Waals surface area contributed by atoms with Crippen molar-refractivity contribution < 1.29 is 5.11 Å². The highest BCUT2D eigenvalue weighted by atomic mass is 16.3. The minimum Gasteiger partial charge on any atom is -0.394 e. The van der Waals surface area contributed by atoms with Gasteiger partial charge in [-0.15, -0.1) is 0 Å². The van der Waals surface area contributed by atoms with Gasteiger partial charge in [-0.3, -0.25) is 0 Å². The molecule has 0 amide bonds. The second kappa shape index (κ2) is 5.71. The number of hydrogen-bond acceptors (Lipinski definition) is 3. The van der Waals surface area contributed by atoms with Gasteiger partial charge >= 0.3 is 0 Å². The third-order valence-corrected chi connectivity index (χ3v) is 5.62. The molecule has 0 aromatic heterocycles. The first-order chi connectivity index (χ1) is 9.24. The van der Waals surface area contributed by atoms with Gasteiger partial charge in [0.25, 0.3) is 0 Å². The van der Waals surface area contributed by atoms with Gasteiger partial charge < -0.3 is 15.3 Å². The summed E-state index contributed by atoms with van der Waals surface area (Å²) in [5, 5.41) is 13.7. The standard InChI is InChI=1S/C16H30N2O/c1-2-13-7-9-18(11-13)15-4-3-8-16(10-15,12-19)17-14-5-6-14/h13-15,17,19H,2-12H2,1H3. The Bertz CT molecular complexity index is 305. The number of likely N-dealkylation sites (tertiary alicyclic amines) is 1. The van der Waals surface area contributed by atoms with Gasteiger partial charge in [0, 0.05) is 24.2 Å². The quantitative estimate of drug-likeness (QED) is 0.800. The summed E-state index contributed by atoms with van der Waals surface area (Å²) >= 11 is 0. The van der Waals surface area contributed by atoms with Crippen LogP contribution < -0.4 is 5.32 Å². The smallest absolute Gasteiger partial charge is 0.0613 e. The molecule has 3 nitrogen and oxygen atoms in total. The van der Waals surface area contributed by atoms with Crippen molar-refractivity contribution in [2.75, 3.05) is 19.7 Å². The Kier molecular flexibility index (Phi) is 4.16. The molecule has 1 heterocycles. The van der Waals surface area contributed by atoms with E-state index < -0.39 is 0 Å². The molecule has 0 aromatic carbocycles. The zero-order valence-corrected chi connectivity index (χ0v) is 12.4. The van der Waals surface area contributed by atoms with Crippen LogP contribution >= 0.6 is 0 Å². The molecule has 19 heavy (non-hydrogen) atoms. The third kappa shape index (κ3) is 3.14. The largest absolute Gasteiger partial charge is 0.394 e. The molecule has 3 aliphatic rings. The van der Waals surface area contributed by atoms with Crippen molar-refractivity contribution in [1.29, 1.82) is 0 Å². The van der Waals surface area contributed by atoms with Crippen LogP contribution in [0.25, 0.3) is 0 Å². The molecule has 1 aliphatic heterocycles. The summed E-state index contributed by atoms with van der Waals surface area (Å²) in [6.45, 7) is 5.23. The first kappa shape index (κ1) is 13.8. The monoisotopic (exact) mass is 266 g/mol. The van der Waals surface area contributed by atoms with Crippen LogP contribution in [0.3, 0.4) is 0 Å². The molecule has 3 unspecified atom stereocenters. The van der Waals surface area contributed by atoms with E-state index in [1.54, 1.807) is 0 Å². The highest BCUT2D eigenvalue weighted by molar-refractivity contribution is 5.01. The van der Waals surface area contributed by atoms with Crippen LogP contribution in [0.1, 0.15) is 58.3 Å². The molecule has 2 aliphatic carbocycles. The van der Waals surface area contributed by atoms with Crippen molar-refractivity contribution in [3.8, 4) is 0 Å². The molecule has 3 fully saturated rings. The minimum absolute atomic E-state index is 0.0361. The van der Waals surface area contributed by atoms with Crippen LogP contribution in [0, 0.1) is 5.92 Å². The van der Waals surface area contributed by atoms with E-state index in [1.807, 2.05) is 0 Å². The van der Waals surface area contributed by atoms with Gasteiger partial charge in [0.2, 0.25) is 0 Å². The molecule has 3 atom stereocenters. The molecule has 0 bridgehead atoms. The zero-order valence-electron chi connectivity index (χ0n) is 12.4. The lowest BCUT2D eigenvalue weighted by Gasteiger charge is -2.44. The Morgan fingerprint density at radius 3 is 2.74 bits per heavy atom. The summed E-state index contributed by atoms with van der Waals surface area (Å²) in [6, 6.07) is 1.41.